The van der Waals surface area contributed by atoms with Crippen molar-refractivity contribution in [1.82, 2.24) is 0 Å². The second-order valence-corrected chi connectivity index (χ2v) is 4.81. The molecule has 2 aromatic rings. The van der Waals surface area contributed by atoms with Gasteiger partial charge in [-0.15, -0.1) is 0 Å². The summed E-state index contributed by atoms with van der Waals surface area (Å²) in [5.41, 5.74) is 1.09. The summed E-state index contributed by atoms with van der Waals surface area (Å²) >= 11 is 0. The first-order valence-corrected chi connectivity index (χ1v) is 6.98. The zero-order valence-corrected chi connectivity index (χ0v) is 11.6. The zero-order valence-electron chi connectivity index (χ0n) is 10.7. The highest BCUT2D eigenvalue weighted by atomic mass is 31.1. The predicted octanol–water partition coefficient (Wildman–Crippen LogP) is 4.16. The molecule has 0 aliphatic carbocycles. The first-order valence-electron chi connectivity index (χ1n) is 6.25. The van der Waals surface area contributed by atoms with Gasteiger partial charge in [0.15, 0.2) is 0 Å². The Hall–Kier alpha value is -1.73. The molecule has 0 radical (unpaired) electrons. The Morgan fingerprint density at radius 2 is 1.95 bits per heavy atom. The Bertz CT molecular complexity index is 595. The van der Waals surface area contributed by atoms with E-state index in [0.717, 1.165) is 10.9 Å². The van der Waals surface area contributed by atoms with Gasteiger partial charge in [-0.2, -0.15) is 0 Å². The second-order valence-electron chi connectivity index (χ2n) is 4.48. The van der Waals surface area contributed by atoms with Gasteiger partial charge >= 0.3 is 14.7 Å². The largest absolute Gasteiger partial charge is 0.398 e. The molecule has 0 aliphatic heterocycles. The maximum atomic E-state index is 11.6. The van der Waals surface area contributed by atoms with Gasteiger partial charge in [-0.25, -0.2) is 4.57 Å². The van der Waals surface area contributed by atoms with Crippen molar-refractivity contribution >= 4 is 25.4 Å². The van der Waals surface area contributed by atoms with Crippen molar-refractivity contribution in [3.05, 3.63) is 48.0 Å². The van der Waals surface area contributed by atoms with Crippen LogP contribution in [0.25, 0.3) is 10.8 Å². The average Bonchev–Trinajstić information content (AvgIpc) is 2.44. The van der Waals surface area contributed by atoms with Crippen molar-refractivity contribution in [1.29, 1.82) is 0 Å². The number of rotatable bonds is 5. The standard InChI is InChI=1S/C15H15O3P/c1-2-12(15(16)18-19-17)9-11-7-8-13-5-3-4-6-14(13)10-11/h3-8,10,12H,2,9H2,1H3. The second kappa shape index (κ2) is 6.44. The molecule has 0 spiro atoms. The molecule has 0 heterocycles. The Balaban J connectivity index is 2.19. The van der Waals surface area contributed by atoms with Crippen LogP contribution in [0.2, 0.25) is 0 Å². The van der Waals surface area contributed by atoms with E-state index in [2.05, 4.69) is 22.7 Å². The summed E-state index contributed by atoms with van der Waals surface area (Å²) in [6.45, 7) is 1.93. The number of carbonyl (C=O) groups excluding carboxylic acids is 1. The lowest BCUT2D eigenvalue weighted by Crippen LogP contribution is -2.16. The Morgan fingerprint density at radius 3 is 2.63 bits per heavy atom. The molecule has 0 aromatic heterocycles. The van der Waals surface area contributed by atoms with Gasteiger partial charge in [0.1, 0.15) is 0 Å². The molecule has 0 N–H and O–H groups in total. The molecule has 2 aromatic carbocycles. The van der Waals surface area contributed by atoms with E-state index in [4.69, 9.17) is 0 Å². The van der Waals surface area contributed by atoms with Crippen LogP contribution in [0.4, 0.5) is 0 Å². The molecule has 0 fully saturated rings. The lowest BCUT2D eigenvalue weighted by molar-refractivity contribution is -0.138. The Kier molecular flexibility index (Phi) is 4.64. The minimum atomic E-state index is -0.577. The van der Waals surface area contributed by atoms with Gasteiger partial charge in [0.05, 0.1) is 5.92 Å². The van der Waals surface area contributed by atoms with Crippen molar-refractivity contribution in [2.75, 3.05) is 0 Å². The minimum Gasteiger partial charge on any atom is -0.373 e. The molecule has 19 heavy (non-hydrogen) atoms. The summed E-state index contributed by atoms with van der Waals surface area (Å²) < 4.78 is 14.8. The van der Waals surface area contributed by atoms with Gasteiger partial charge in [0.2, 0.25) is 0 Å². The van der Waals surface area contributed by atoms with Crippen molar-refractivity contribution in [3.8, 4) is 0 Å². The van der Waals surface area contributed by atoms with Crippen LogP contribution in [-0.2, 0) is 20.3 Å². The van der Waals surface area contributed by atoms with E-state index in [-0.39, 0.29) is 5.92 Å². The molecular weight excluding hydrogens is 259 g/mol. The quantitative estimate of drug-likeness (QED) is 0.769. The lowest BCUT2D eigenvalue weighted by Gasteiger charge is -2.11. The molecule has 4 heteroatoms. The van der Waals surface area contributed by atoms with Crippen LogP contribution in [0.5, 0.6) is 0 Å². The van der Waals surface area contributed by atoms with Crippen LogP contribution in [0.3, 0.4) is 0 Å². The monoisotopic (exact) mass is 274 g/mol. The van der Waals surface area contributed by atoms with E-state index in [0.29, 0.717) is 12.8 Å². The smallest absolute Gasteiger partial charge is 0.373 e. The van der Waals surface area contributed by atoms with E-state index in [1.54, 1.807) is 0 Å². The maximum absolute atomic E-state index is 11.6. The highest BCUT2D eigenvalue weighted by Crippen LogP contribution is 2.20. The maximum Gasteiger partial charge on any atom is 0.398 e. The number of hydrogen-bond donors (Lipinski definition) is 0. The fourth-order valence-electron chi connectivity index (χ4n) is 2.16. The molecule has 2 rings (SSSR count). The Morgan fingerprint density at radius 1 is 1.21 bits per heavy atom. The third-order valence-electron chi connectivity index (χ3n) is 3.25. The molecule has 0 saturated carbocycles. The molecule has 0 saturated heterocycles. The van der Waals surface area contributed by atoms with Gasteiger partial charge in [-0.3, -0.25) is 4.79 Å². The first-order chi connectivity index (χ1) is 9.24. The lowest BCUT2D eigenvalue weighted by atomic mass is 9.95. The highest BCUT2D eigenvalue weighted by Gasteiger charge is 2.19. The predicted molar refractivity (Wildman–Crippen MR) is 75.1 cm³/mol. The van der Waals surface area contributed by atoms with E-state index < -0.39 is 14.7 Å². The van der Waals surface area contributed by atoms with Crippen molar-refractivity contribution in [2.24, 2.45) is 5.92 Å². The van der Waals surface area contributed by atoms with Crippen LogP contribution in [0.1, 0.15) is 18.9 Å². The molecule has 0 aliphatic rings. The normalized spacial score (nSPS) is 12.5. The topological polar surface area (TPSA) is 43.4 Å². The molecule has 1 atom stereocenters. The van der Waals surface area contributed by atoms with Crippen molar-refractivity contribution < 1.29 is 13.9 Å². The number of hydrogen-bond acceptors (Lipinski definition) is 3. The third kappa shape index (κ3) is 3.39. The van der Waals surface area contributed by atoms with E-state index in [1.165, 1.54) is 5.39 Å². The first kappa shape index (κ1) is 13.7. The van der Waals surface area contributed by atoms with Crippen LogP contribution in [-0.4, -0.2) is 5.97 Å². The van der Waals surface area contributed by atoms with Gasteiger partial charge in [0, 0.05) is 0 Å². The summed E-state index contributed by atoms with van der Waals surface area (Å²) in [6, 6.07) is 14.3. The fraction of sp³-hybridized carbons (Fsp3) is 0.267. The Labute approximate surface area is 113 Å². The summed E-state index contributed by atoms with van der Waals surface area (Å²) in [6.07, 6.45) is 1.27. The van der Waals surface area contributed by atoms with Crippen LogP contribution in [0, 0.1) is 5.92 Å². The molecule has 1 unspecified atom stereocenters. The van der Waals surface area contributed by atoms with E-state index in [1.807, 2.05) is 31.2 Å². The SMILES string of the molecule is CCC(Cc1ccc2ccccc2c1)C(=O)OP=O. The van der Waals surface area contributed by atoms with Gasteiger partial charge in [-0.05, 0) is 29.2 Å². The van der Waals surface area contributed by atoms with Crippen molar-refractivity contribution in [3.63, 3.8) is 0 Å². The zero-order chi connectivity index (χ0) is 13.7. The van der Waals surface area contributed by atoms with Gasteiger partial charge < -0.3 is 4.52 Å². The fourth-order valence-corrected chi connectivity index (χ4v) is 2.38. The minimum absolute atomic E-state index is 0.248. The number of fused-ring (bicyclic) bond motifs is 1. The number of benzene rings is 2. The average molecular weight is 274 g/mol. The van der Waals surface area contributed by atoms with Crippen molar-refractivity contribution in [2.45, 2.75) is 19.8 Å². The summed E-state index contributed by atoms with van der Waals surface area (Å²) in [5, 5.41) is 2.34. The van der Waals surface area contributed by atoms with E-state index in [9.17, 15) is 9.36 Å². The van der Waals surface area contributed by atoms with Gasteiger partial charge in [0.25, 0.3) is 0 Å². The highest BCUT2D eigenvalue weighted by molar-refractivity contribution is 7.18. The van der Waals surface area contributed by atoms with Crippen LogP contribution >= 0.6 is 8.69 Å². The number of carbonyl (C=O) groups is 1. The van der Waals surface area contributed by atoms with Gasteiger partial charge in [-0.1, -0.05) is 49.4 Å². The summed E-state index contributed by atoms with van der Waals surface area (Å²) in [4.78, 5) is 11.6. The molecular formula is C15H15O3P. The molecule has 0 amide bonds. The molecule has 0 bridgehead atoms. The van der Waals surface area contributed by atoms with E-state index >= 15 is 0 Å². The van der Waals surface area contributed by atoms with Crippen LogP contribution in [0.15, 0.2) is 42.5 Å². The molecule has 98 valence electrons. The summed E-state index contributed by atoms with van der Waals surface area (Å²) in [5.74, 6) is -0.657. The molecule has 3 nitrogen and oxygen atoms in total. The van der Waals surface area contributed by atoms with Crippen LogP contribution < -0.4 is 0 Å². The summed E-state index contributed by atoms with van der Waals surface area (Å²) in [7, 11) is -0.577. The third-order valence-corrected chi connectivity index (χ3v) is 3.50.